The van der Waals surface area contributed by atoms with Crippen LogP contribution >= 0.6 is 11.6 Å². The van der Waals surface area contributed by atoms with Gasteiger partial charge in [-0.1, -0.05) is 11.6 Å². The molecule has 3 rings (SSSR count). The highest BCUT2D eigenvalue weighted by atomic mass is 35.5. The van der Waals surface area contributed by atoms with Gasteiger partial charge in [0.05, 0.1) is 23.0 Å². The Bertz CT molecular complexity index is 986. The van der Waals surface area contributed by atoms with Gasteiger partial charge in [0.15, 0.2) is 0 Å². The molecule has 0 saturated carbocycles. The lowest BCUT2D eigenvalue weighted by atomic mass is 9.99. The number of rotatable bonds is 5. The maximum atomic E-state index is 13.6. The first-order valence-electron chi connectivity index (χ1n) is 9.45. The Morgan fingerprint density at radius 3 is 2.48 bits per heavy atom. The number of epoxide rings is 1. The van der Waals surface area contributed by atoms with E-state index < -0.39 is 35.9 Å². The molecule has 1 N–H and O–H groups in total. The van der Waals surface area contributed by atoms with E-state index in [1.165, 1.54) is 18.2 Å². The van der Waals surface area contributed by atoms with Crippen molar-refractivity contribution in [1.29, 1.82) is 0 Å². The summed E-state index contributed by atoms with van der Waals surface area (Å²) in [5, 5.41) is 2.39. The minimum atomic E-state index is -4.65. The van der Waals surface area contributed by atoms with Crippen LogP contribution in [0.25, 0.3) is 11.3 Å². The number of carbonyl (C=O) groups excluding carboxylic acids is 1. The Kier molecular flexibility index (Phi) is 6.21. The van der Waals surface area contributed by atoms with Gasteiger partial charge in [-0.15, -0.1) is 0 Å². The Balaban J connectivity index is 1.89. The summed E-state index contributed by atoms with van der Waals surface area (Å²) in [6.45, 7) is 4.74. The van der Waals surface area contributed by atoms with Gasteiger partial charge in [0.1, 0.15) is 11.4 Å². The van der Waals surface area contributed by atoms with Crippen molar-refractivity contribution in [1.82, 2.24) is 10.3 Å². The van der Waals surface area contributed by atoms with Crippen molar-refractivity contribution in [2.75, 3.05) is 13.2 Å². The molecule has 0 aliphatic carbocycles. The summed E-state index contributed by atoms with van der Waals surface area (Å²) in [5.74, 6) is -0.652. The summed E-state index contributed by atoms with van der Waals surface area (Å²) in [7, 11) is 0. The van der Waals surface area contributed by atoms with E-state index in [1.54, 1.807) is 26.8 Å². The molecule has 1 unspecified atom stereocenters. The molecular formula is C21H21ClF4N2O3. The number of alkyl halides is 3. The first-order valence-corrected chi connectivity index (χ1v) is 9.83. The van der Waals surface area contributed by atoms with Gasteiger partial charge in [0.2, 0.25) is 5.60 Å². The van der Waals surface area contributed by atoms with Gasteiger partial charge in [-0.3, -0.25) is 0 Å². The number of ether oxygens (including phenoxy) is 2. The molecule has 5 nitrogen and oxygen atoms in total. The number of halogens is 5. The van der Waals surface area contributed by atoms with Crippen molar-refractivity contribution in [3.63, 3.8) is 0 Å². The fourth-order valence-electron chi connectivity index (χ4n) is 2.89. The highest BCUT2D eigenvalue weighted by Gasteiger charge is 2.68. The van der Waals surface area contributed by atoms with E-state index in [0.717, 1.165) is 6.07 Å². The number of benzene rings is 1. The van der Waals surface area contributed by atoms with Crippen LogP contribution in [-0.2, 0) is 21.5 Å². The number of alkyl carbamates (subject to hydrolysis) is 1. The molecular weight excluding hydrogens is 440 g/mol. The fourth-order valence-corrected chi connectivity index (χ4v) is 3.07. The maximum Gasteiger partial charge on any atom is 0.425 e. The van der Waals surface area contributed by atoms with E-state index in [2.05, 4.69) is 10.3 Å². The van der Waals surface area contributed by atoms with Crippen molar-refractivity contribution in [3.05, 3.63) is 52.4 Å². The molecule has 1 amide bonds. The summed E-state index contributed by atoms with van der Waals surface area (Å²) in [6, 6.07) is 6.65. The molecule has 1 aromatic heterocycles. The average Bonchev–Trinajstić information content (AvgIpc) is 3.44. The molecule has 2 heterocycles. The zero-order valence-electron chi connectivity index (χ0n) is 17.1. The van der Waals surface area contributed by atoms with E-state index in [4.69, 9.17) is 21.1 Å². The molecule has 1 atom stereocenters. The van der Waals surface area contributed by atoms with Crippen LogP contribution in [-0.4, -0.2) is 36.0 Å². The number of carbonyl (C=O) groups is 1. The van der Waals surface area contributed by atoms with Crippen LogP contribution < -0.4 is 5.32 Å². The van der Waals surface area contributed by atoms with E-state index in [1.807, 2.05) is 0 Å². The Morgan fingerprint density at radius 2 is 1.94 bits per heavy atom. The lowest BCUT2D eigenvalue weighted by Crippen LogP contribution is -2.33. The number of hydrogen-bond acceptors (Lipinski definition) is 4. The molecule has 1 saturated heterocycles. The molecule has 1 aliphatic rings. The number of hydrogen-bond donors (Lipinski definition) is 1. The van der Waals surface area contributed by atoms with Crippen LogP contribution in [0.2, 0.25) is 5.02 Å². The minimum Gasteiger partial charge on any atom is -0.444 e. The number of aromatic nitrogens is 1. The first-order chi connectivity index (χ1) is 14.3. The van der Waals surface area contributed by atoms with Crippen LogP contribution in [0.1, 0.15) is 32.0 Å². The molecule has 1 fully saturated rings. The van der Waals surface area contributed by atoms with E-state index in [0.29, 0.717) is 11.1 Å². The summed E-state index contributed by atoms with van der Waals surface area (Å²) in [6.07, 6.45) is -5.07. The molecule has 1 aliphatic heterocycles. The molecule has 31 heavy (non-hydrogen) atoms. The van der Waals surface area contributed by atoms with E-state index in [9.17, 15) is 22.4 Å². The zero-order chi connectivity index (χ0) is 23.0. The van der Waals surface area contributed by atoms with Crippen LogP contribution in [0.4, 0.5) is 22.4 Å². The van der Waals surface area contributed by atoms with Crippen molar-refractivity contribution >= 4 is 17.7 Å². The van der Waals surface area contributed by atoms with Crippen LogP contribution in [0, 0.1) is 5.82 Å². The summed E-state index contributed by atoms with van der Waals surface area (Å²) in [5.41, 5.74) is -2.43. The fraction of sp³-hybridized carbons (Fsp3) is 0.429. The lowest BCUT2D eigenvalue weighted by molar-refractivity contribution is -0.188. The summed E-state index contributed by atoms with van der Waals surface area (Å²) in [4.78, 5) is 15.9. The highest BCUT2D eigenvalue weighted by molar-refractivity contribution is 6.31. The topological polar surface area (TPSA) is 63.8 Å². The highest BCUT2D eigenvalue weighted by Crippen LogP contribution is 2.51. The SMILES string of the molecule is CC(C)(C)OC(=O)NCCc1cc(-c2ccc(F)c(Cl)c2)nc(C2(C(F)(F)F)CO2)c1. The largest absolute Gasteiger partial charge is 0.444 e. The first kappa shape index (κ1) is 23.3. The Labute approximate surface area is 181 Å². The molecule has 0 radical (unpaired) electrons. The van der Waals surface area contributed by atoms with Gasteiger partial charge < -0.3 is 14.8 Å². The standard InChI is InChI=1S/C21H21ClF4N2O3/c1-19(2,3)31-18(29)27-7-6-12-8-16(13-4-5-15(23)14(22)10-13)28-17(9-12)20(11-30-20)21(24,25)26/h4-5,8-10H,6-7,11H2,1-3H3,(H,27,29). The van der Waals surface area contributed by atoms with Gasteiger partial charge >= 0.3 is 12.3 Å². The van der Waals surface area contributed by atoms with Gasteiger partial charge in [0.25, 0.3) is 0 Å². The molecule has 1 aromatic carbocycles. The predicted molar refractivity (Wildman–Crippen MR) is 106 cm³/mol. The smallest absolute Gasteiger partial charge is 0.425 e. The zero-order valence-corrected chi connectivity index (χ0v) is 17.8. The third-order valence-corrected chi connectivity index (χ3v) is 4.78. The third-order valence-electron chi connectivity index (χ3n) is 4.49. The normalized spacial score (nSPS) is 18.6. The van der Waals surface area contributed by atoms with Crippen molar-refractivity contribution in [2.24, 2.45) is 0 Å². The van der Waals surface area contributed by atoms with Gasteiger partial charge in [-0.25, -0.2) is 14.2 Å². The molecule has 2 aromatic rings. The van der Waals surface area contributed by atoms with Crippen LogP contribution in [0.5, 0.6) is 0 Å². The minimum absolute atomic E-state index is 0.127. The quantitative estimate of drug-likeness (QED) is 0.479. The number of nitrogens with one attached hydrogen (secondary N) is 1. The number of pyridine rings is 1. The second-order valence-electron chi connectivity index (χ2n) is 8.17. The average molecular weight is 461 g/mol. The van der Waals surface area contributed by atoms with Crippen molar-refractivity contribution < 1.29 is 31.8 Å². The molecule has 0 spiro atoms. The number of nitrogens with zero attached hydrogens (tertiary/aromatic N) is 1. The predicted octanol–water partition coefficient (Wildman–Crippen LogP) is 5.40. The Morgan fingerprint density at radius 1 is 1.26 bits per heavy atom. The van der Waals surface area contributed by atoms with Crippen molar-refractivity contribution in [2.45, 2.75) is 44.6 Å². The van der Waals surface area contributed by atoms with Gasteiger partial charge in [-0.05, 0) is 63.1 Å². The Hall–Kier alpha value is -2.39. The lowest BCUT2D eigenvalue weighted by Gasteiger charge is -2.20. The molecule has 0 bridgehead atoms. The monoisotopic (exact) mass is 460 g/mol. The second kappa shape index (κ2) is 8.27. The van der Waals surface area contributed by atoms with Crippen LogP contribution in [0.15, 0.2) is 30.3 Å². The number of amides is 1. The van der Waals surface area contributed by atoms with Crippen molar-refractivity contribution in [3.8, 4) is 11.3 Å². The van der Waals surface area contributed by atoms with E-state index in [-0.39, 0.29) is 29.4 Å². The third kappa shape index (κ3) is 5.46. The van der Waals surface area contributed by atoms with E-state index >= 15 is 0 Å². The molecule has 10 heteroatoms. The van der Waals surface area contributed by atoms with Gasteiger partial charge in [0, 0.05) is 12.1 Å². The van der Waals surface area contributed by atoms with Gasteiger partial charge in [-0.2, -0.15) is 13.2 Å². The molecule has 168 valence electrons. The summed E-state index contributed by atoms with van der Waals surface area (Å²) < 4.78 is 64.1. The summed E-state index contributed by atoms with van der Waals surface area (Å²) >= 11 is 5.82. The van der Waals surface area contributed by atoms with Crippen LogP contribution in [0.3, 0.4) is 0 Å². The maximum absolute atomic E-state index is 13.6. The second-order valence-corrected chi connectivity index (χ2v) is 8.57.